The van der Waals surface area contributed by atoms with Crippen molar-refractivity contribution in [3.8, 4) is 0 Å². The molecule has 122 valence electrons. The number of hydrogen-bond acceptors (Lipinski definition) is 4. The molecule has 0 aromatic heterocycles. The van der Waals surface area contributed by atoms with Crippen LogP contribution >= 0.6 is 0 Å². The van der Waals surface area contributed by atoms with Crippen LogP contribution in [0.4, 0.5) is 0 Å². The van der Waals surface area contributed by atoms with Crippen LogP contribution in [-0.4, -0.2) is 35.3 Å². The monoisotopic (exact) mass is 307 g/mol. The van der Waals surface area contributed by atoms with Crippen LogP contribution in [0.2, 0.25) is 0 Å². The Balaban J connectivity index is 2.27. The third kappa shape index (κ3) is 2.94. The van der Waals surface area contributed by atoms with Gasteiger partial charge in [-0.05, 0) is 31.1 Å². The minimum atomic E-state index is -0.286. The predicted octanol–water partition coefficient (Wildman–Crippen LogP) is 2.16. The van der Waals surface area contributed by atoms with Gasteiger partial charge in [0.05, 0.1) is 18.9 Å². The number of likely N-dealkylation sites (tertiary alicyclic amines) is 1. The first kappa shape index (κ1) is 16.7. The number of amides is 2. The summed E-state index contributed by atoms with van der Waals surface area (Å²) in [6.07, 6.45) is 4.96. The van der Waals surface area contributed by atoms with Crippen LogP contribution in [0, 0.1) is 23.7 Å². The molecule has 5 heteroatoms. The van der Waals surface area contributed by atoms with E-state index in [0.717, 1.165) is 6.42 Å². The zero-order valence-corrected chi connectivity index (χ0v) is 13.7. The lowest BCUT2D eigenvalue weighted by Gasteiger charge is -2.32. The van der Waals surface area contributed by atoms with Crippen molar-refractivity contribution in [2.45, 2.75) is 46.6 Å². The summed E-state index contributed by atoms with van der Waals surface area (Å²) in [5, 5.41) is 0. The van der Waals surface area contributed by atoms with Gasteiger partial charge in [-0.3, -0.25) is 19.3 Å². The summed E-state index contributed by atoms with van der Waals surface area (Å²) in [6, 6.07) is -0.0790. The molecule has 1 fully saturated rings. The van der Waals surface area contributed by atoms with Gasteiger partial charge in [0.2, 0.25) is 11.8 Å². The molecule has 0 N–H and O–H groups in total. The first-order valence-corrected chi connectivity index (χ1v) is 8.04. The average Bonchev–Trinajstić information content (AvgIpc) is 2.73. The fourth-order valence-electron chi connectivity index (χ4n) is 3.98. The highest BCUT2D eigenvalue weighted by Crippen LogP contribution is 2.45. The van der Waals surface area contributed by atoms with Crippen LogP contribution in [0.3, 0.4) is 0 Å². The van der Waals surface area contributed by atoms with Crippen molar-refractivity contribution < 1.29 is 19.1 Å². The molecule has 0 bridgehead atoms. The normalized spacial score (nSPS) is 30.6. The second kappa shape index (κ2) is 6.63. The van der Waals surface area contributed by atoms with Crippen molar-refractivity contribution >= 4 is 17.8 Å². The summed E-state index contributed by atoms with van der Waals surface area (Å²) in [6.45, 7) is 7.62. The zero-order chi connectivity index (χ0) is 16.4. The fourth-order valence-corrected chi connectivity index (χ4v) is 3.98. The average molecular weight is 307 g/mol. The second-order valence-electron chi connectivity index (χ2n) is 6.49. The van der Waals surface area contributed by atoms with Crippen LogP contribution in [0.1, 0.15) is 40.5 Å². The molecule has 0 aromatic rings. The van der Waals surface area contributed by atoms with E-state index in [0.29, 0.717) is 6.61 Å². The molecular formula is C17H25NO4. The van der Waals surface area contributed by atoms with Gasteiger partial charge in [0.15, 0.2) is 0 Å². The summed E-state index contributed by atoms with van der Waals surface area (Å²) in [5.41, 5.74) is 0. The van der Waals surface area contributed by atoms with Gasteiger partial charge in [0, 0.05) is 13.0 Å². The Morgan fingerprint density at radius 3 is 2.64 bits per heavy atom. The molecule has 2 amide bonds. The van der Waals surface area contributed by atoms with Gasteiger partial charge in [-0.2, -0.15) is 0 Å². The van der Waals surface area contributed by atoms with E-state index in [2.05, 4.69) is 0 Å². The maximum atomic E-state index is 12.8. The molecule has 0 saturated carbocycles. The lowest BCUT2D eigenvalue weighted by atomic mass is 9.72. The van der Waals surface area contributed by atoms with E-state index >= 15 is 0 Å². The van der Waals surface area contributed by atoms with Gasteiger partial charge in [0.1, 0.15) is 0 Å². The lowest BCUT2D eigenvalue weighted by molar-refractivity contribution is -0.146. The van der Waals surface area contributed by atoms with Crippen molar-refractivity contribution in [1.82, 2.24) is 4.90 Å². The van der Waals surface area contributed by atoms with Gasteiger partial charge in [-0.25, -0.2) is 0 Å². The molecule has 22 heavy (non-hydrogen) atoms. The molecule has 5 nitrogen and oxygen atoms in total. The first-order chi connectivity index (χ1) is 10.4. The summed E-state index contributed by atoms with van der Waals surface area (Å²) in [5.74, 6) is -0.768. The van der Waals surface area contributed by atoms with E-state index in [9.17, 15) is 14.4 Å². The summed E-state index contributed by atoms with van der Waals surface area (Å²) < 4.78 is 5.01. The van der Waals surface area contributed by atoms with Gasteiger partial charge in [0.25, 0.3) is 0 Å². The van der Waals surface area contributed by atoms with E-state index in [4.69, 9.17) is 4.74 Å². The third-order valence-corrected chi connectivity index (χ3v) is 4.70. The Bertz CT molecular complexity index is 497. The van der Waals surface area contributed by atoms with Crippen LogP contribution in [0.25, 0.3) is 0 Å². The number of carbonyl (C=O) groups is 3. The Kier molecular flexibility index (Phi) is 5.04. The molecular weight excluding hydrogens is 282 g/mol. The highest BCUT2D eigenvalue weighted by molar-refractivity contribution is 5.98. The van der Waals surface area contributed by atoms with Crippen LogP contribution in [0.15, 0.2) is 12.2 Å². The predicted molar refractivity (Wildman–Crippen MR) is 81.6 cm³/mol. The van der Waals surface area contributed by atoms with Crippen molar-refractivity contribution in [2.75, 3.05) is 6.61 Å². The molecule has 4 atom stereocenters. The molecule has 1 aliphatic heterocycles. The maximum Gasteiger partial charge on any atom is 0.306 e. The highest BCUT2D eigenvalue weighted by Gasteiger charge is 2.53. The molecule has 1 aliphatic carbocycles. The number of hydrogen-bond donors (Lipinski definition) is 0. The van der Waals surface area contributed by atoms with Gasteiger partial charge in [-0.1, -0.05) is 26.0 Å². The quantitative estimate of drug-likeness (QED) is 0.590. The number of rotatable bonds is 4. The van der Waals surface area contributed by atoms with Crippen LogP contribution < -0.4 is 0 Å². The summed E-state index contributed by atoms with van der Waals surface area (Å²) in [4.78, 5) is 37.9. The molecule has 1 heterocycles. The molecule has 0 aromatic carbocycles. The van der Waals surface area contributed by atoms with E-state index in [1.165, 1.54) is 11.8 Å². The zero-order valence-electron chi connectivity index (χ0n) is 13.7. The van der Waals surface area contributed by atoms with Crippen molar-refractivity contribution in [3.05, 3.63) is 12.2 Å². The molecule has 0 spiro atoms. The fraction of sp³-hybridized carbons (Fsp3) is 0.706. The number of nitrogens with zero attached hydrogens (tertiary/aromatic N) is 1. The van der Waals surface area contributed by atoms with Crippen molar-refractivity contribution in [1.29, 1.82) is 0 Å². The minimum Gasteiger partial charge on any atom is -0.466 e. The topological polar surface area (TPSA) is 63.7 Å². The maximum absolute atomic E-state index is 12.8. The number of ether oxygens (including phenoxy) is 1. The molecule has 0 unspecified atom stereocenters. The molecule has 0 radical (unpaired) electrons. The smallest absolute Gasteiger partial charge is 0.306 e. The lowest BCUT2D eigenvalue weighted by Crippen LogP contribution is -2.42. The Labute approximate surface area is 131 Å². The molecule has 2 aliphatic rings. The van der Waals surface area contributed by atoms with Crippen molar-refractivity contribution in [3.63, 3.8) is 0 Å². The molecule has 2 rings (SSSR count). The van der Waals surface area contributed by atoms with E-state index in [1.807, 2.05) is 26.0 Å². The standard InChI is InChI=1S/C17H25NO4/c1-5-22-14(20)9-12-7-6-8-13-15(12)17(21)18(11(4)19)16(13)10(2)3/h6-7,10,12-13,15-16H,5,8-9H2,1-4H3/t12-,13-,15+,16+/m0/s1. The SMILES string of the molecule is CCOC(=O)C[C@@H]1C=CC[C@H]2[C@@H]1C(=O)N(C(C)=O)[C@@H]2C(C)C. The summed E-state index contributed by atoms with van der Waals surface area (Å²) >= 11 is 0. The van der Waals surface area contributed by atoms with Gasteiger partial charge >= 0.3 is 5.97 Å². The minimum absolute atomic E-state index is 0.0790. The Morgan fingerprint density at radius 1 is 1.41 bits per heavy atom. The van der Waals surface area contributed by atoms with Crippen LogP contribution in [-0.2, 0) is 19.1 Å². The number of imide groups is 1. The number of carbonyl (C=O) groups excluding carboxylic acids is 3. The van der Waals surface area contributed by atoms with Gasteiger partial charge in [-0.15, -0.1) is 0 Å². The summed E-state index contributed by atoms with van der Waals surface area (Å²) in [7, 11) is 0. The van der Waals surface area contributed by atoms with Gasteiger partial charge < -0.3 is 4.74 Å². The highest BCUT2D eigenvalue weighted by atomic mass is 16.5. The van der Waals surface area contributed by atoms with E-state index in [1.54, 1.807) is 6.92 Å². The number of esters is 1. The second-order valence-corrected chi connectivity index (χ2v) is 6.49. The number of allylic oxidation sites excluding steroid dienone is 2. The third-order valence-electron chi connectivity index (χ3n) is 4.70. The van der Waals surface area contributed by atoms with Crippen LogP contribution in [0.5, 0.6) is 0 Å². The van der Waals surface area contributed by atoms with Crippen molar-refractivity contribution in [2.24, 2.45) is 23.7 Å². The largest absolute Gasteiger partial charge is 0.466 e. The van der Waals surface area contributed by atoms with E-state index in [-0.39, 0.29) is 53.9 Å². The Morgan fingerprint density at radius 2 is 2.09 bits per heavy atom. The van der Waals surface area contributed by atoms with E-state index < -0.39 is 0 Å². The first-order valence-electron chi connectivity index (χ1n) is 8.04. The molecule has 1 saturated heterocycles. The Hall–Kier alpha value is -1.65. The number of fused-ring (bicyclic) bond motifs is 1.